The van der Waals surface area contributed by atoms with Gasteiger partial charge in [0.2, 0.25) is 5.91 Å². The standard InChI is InChI=1S/C31H37N5O9/c1-35(2)17-11-16(34-12-13-6-7-19(45-5)18(37)8-13)24(38)22-15(17)9-14-10-20-30(44,26(40)21(14)25(22)39)27(41)23(29(32)43)28(42)31(20,33)36(3)4/h6-8,11,14,20-21,23,34,37-38,44H,9-10,12,33H2,1-5H3,(H2,32,43)/t14-,20+,21?,23?,30-,31-/m0/s1. The van der Waals surface area contributed by atoms with E-state index in [-0.39, 0.29) is 42.1 Å². The number of aliphatic hydroxyl groups is 1. The molecular formula is C31H37N5O9. The Balaban J connectivity index is 1.59. The minimum absolute atomic E-state index is 0.0815. The molecule has 240 valence electrons. The molecular weight excluding hydrogens is 586 g/mol. The molecule has 2 saturated carbocycles. The number of hydrogen-bond donors (Lipinski definition) is 6. The monoisotopic (exact) mass is 623 g/mol. The normalized spacial score (nSPS) is 29.2. The predicted octanol–water partition coefficient (Wildman–Crippen LogP) is -0.454. The van der Waals surface area contributed by atoms with E-state index in [0.717, 1.165) is 0 Å². The van der Waals surface area contributed by atoms with Gasteiger partial charge < -0.3 is 41.7 Å². The summed E-state index contributed by atoms with van der Waals surface area (Å²) < 4.78 is 5.07. The van der Waals surface area contributed by atoms with Crippen LogP contribution in [0.1, 0.15) is 27.9 Å². The number of phenolic OH excluding ortho intramolecular Hbond substituents is 2. The summed E-state index contributed by atoms with van der Waals surface area (Å²) in [4.78, 5) is 70.7. The number of primary amides is 1. The van der Waals surface area contributed by atoms with Gasteiger partial charge in [0.05, 0.1) is 24.3 Å². The van der Waals surface area contributed by atoms with Gasteiger partial charge >= 0.3 is 0 Å². The average molecular weight is 624 g/mol. The molecule has 45 heavy (non-hydrogen) atoms. The van der Waals surface area contributed by atoms with Gasteiger partial charge in [-0.1, -0.05) is 6.07 Å². The Labute approximate surface area is 258 Å². The van der Waals surface area contributed by atoms with Crippen LogP contribution in [0, 0.1) is 23.7 Å². The lowest BCUT2D eigenvalue weighted by molar-refractivity contribution is -0.190. The molecule has 2 fully saturated rings. The molecule has 5 rings (SSSR count). The Bertz CT molecular complexity index is 1660. The number of carbonyl (C=O) groups excluding carboxylic acids is 5. The number of anilines is 2. The molecule has 3 aliphatic rings. The molecule has 0 saturated heterocycles. The van der Waals surface area contributed by atoms with Crippen molar-refractivity contribution in [2.24, 2.45) is 35.1 Å². The molecule has 2 unspecified atom stereocenters. The maximum Gasteiger partial charge on any atom is 0.235 e. The van der Waals surface area contributed by atoms with Gasteiger partial charge in [0.25, 0.3) is 0 Å². The first kappa shape index (κ1) is 31.9. The quantitative estimate of drug-likeness (QED) is 0.131. The van der Waals surface area contributed by atoms with Crippen LogP contribution in [-0.2, 0) is 32.1 Å². The molecule has 3 aliphatic carbocycles. The summed E-state index contributed by atoms with van der Waals surface area (Å²) >= 11 is 0. The fourth-order valence-corrected chi connectivity index (χ4v) is 7.25. The number of aromatic hydroxyl groups is 2. The molecule has 6 atom stereocenters. The van der Waals surface area contributed by atoms with Crippen LogP contribution in [-0.4, -0.2) is 95.8 Å². The second-order valence-electron chi connectivity index (χ2n) is 12.4. The third kappa shape index (κ3) is 4.46. The number of likely N-dealkylation sites (N-methyl/N-ethyl adjacent to an activating group) is 1. The summed E-state index contributed by atoms with van der Waals surface area (Å²) in [6.07, 6.45) is -0.0901. The highest BCUT2D eigenvalue weighted by Gasteiger charge is 2.73. The number of Topliss-reactive ketones (excluding diaryl/α,β-unsaturated/α-hetero) is 4. The van der Waals surface area contributed by atoms with Gasteiger partial charge in [-0.3, -0.25) is 28.9 Å². The number of rotatable bonds is 7. The molecule has 0 heterocycles. The molecule has 2 aromatic carbocycles. The number of carbonyl (C=O) groups is 5. The second-order valence-corrected chi connectivity index (χ2v) is 12.4. The fourth-order valence-electron chi connectivity index (χ4n) is 7.25. The summed E-state index contributed by atoms with van der Waals surface area (Å²) in [6, 6.07) is 6.43. The van der Waals surface area contributed by atoms with Crippen LogP contribution in [0.3, 0.4) is 0 Å². The topological polar surface area (TPSA) is 226 Å². The van der Waals surface area contributed by atoms with Gasteiger partial charge in [-0.2, -0.15) is 0 Å². The van der Waals surface area contributed by atoms with E-state index < -0.39 is 69.7 Å². The van der Waals surface area contributed by atoms with Crippen LogP contribution in [0.2, 0.25) is 0 Å². The maximum absolute atomic E-state index is 14.2. The summed E-state index contributed by atoms with van der Waals surface area (Å²) in [5, 5.41) is 36.5. The molecule has 0 bridgehead atoms. The van der Waals surface area contributed by atoms with Crippen LogP contribution in [0.5, 0.6) is 17.2 Å². The van der Waals surface area contributed by atoms with Crippen LogP contribution in [0.15, 0.2) is 24.3 Å². The first-order valence-electron chi connectivity index (χ1n) is 14.3. The predicted molar refractivity (Wildman–Crippen MR) is 161 cm³/mol. The summed E-state index contributed by atoms with van der Waals surface area (Å²) in [5.74, 6) is -12.0. The van der Waals surface area contributed by atoms with Crippen molar-refractivity contribution in [3.05, 3.63) is 41.0 Å². The lowest BCUT2D eigenvalue weighted by Crippen LogP contribution is -2.81. The van der Waals surface area contributed by atoms with Gasteiger partial charge in [0.15, 0.2) is 46.2 Å². The Morgan fingerprint density at radius 1 is 1.07 bits per heavy atom. The van der Waals surface area contributed by atoms with Gasteiger partial charge in [0, 0.05) is 32.2 Å². The minimum Gasteiger partial charge on any atom is -0.505 e. The van der Waals surface area contributed by atoms with Crippen molar-refractivity contribution in [3.8, 4) is 17.2 Å². The zero-order chi connectivity index (χ0) is 33.3. The van der Waals surface area contributed by atoms with Gasteiger partial charge in [0.1, 0.15) is 11.4 Å². The second kappa shape index (κ2) is 10.8. The number of benzene rings is 2. The molecule has 8 N–H and O–H groups in total. The van der Waals surface area contributed by atoms with Gasteiger partial charge in [-0.05, 0) is 62.2 Å². The minimum atomic E-state index is -2.95. The van der Waals surface area contributed by atoms with E-state index in [1.807, 2.05) is 0 Å². The Morgan fingerprint density at radius 2 is 1.73 bits per heavy atom. The largest absolute Gasteiger partial charge is 0.505 e. The molecule has 14 heteroatoms. The lowest BCUT2D eigenvalue weighted by atomic mass is 9.50. The number of phenols is 2. The van der Waals surface area contributed by atoms with Crippen molar-refractivity contribution in [2.45, 2.75) is 30.7 Å². The number of ketones is 4. The van der Waals surface area contributed by atoms with E-state index in [0.29, 0.717) is 16.8 Å². The molecule has 1 amide bonds. The Kier molecular flexibility index (Phi) is 7.67. The van der Waals surface area contributed by atoms with Gasteiger partial charge in [-0.15, -0.1) is 0 Å². The number of nitrogens with two attached hydrogens (primary N) is 2. The van der Waals surface area contributed by atoms with E-state index in [2.05, 4.69) is 5.32 Å². The summed E-state index contributed by atoms with van der Waals surface area (Å²) in [6.45, 7) is 0.136. The van der Waals surface area contributed by atoms with E-state index >= 15 is 0 Å². The highest BCUT2D eigenvalue weighted by atomic mass is 16.5. The Hall–Kier alpha value is -4.53. The van der Waals surface area contributed by atoms with Crippen LogP contribution in [0.25, 0.3) is 0 Å². The molecule has 0 radical (unpaired) electrons. The SMILES string of the molecule is COc1ccc(CNc2cc(N(C)C)c3c(c2O)C(=O)C2C(=O)[C@]4(O)C(=O)C(C(N)=O)C(=O)[C@@](N)(N(C)C)[C@@H]4C[C@@H]2C3)cc1O. The smallest absolute Gasteiger partial charge is 0.235 e. The maximum atomic E-state index is 14.2. The third-order valence-corrected chi connectivity index (χ3v) is 9.61. The van der Waals surface area contributed by atoms with E-state index in [1.165, 1.54) is 32.2 Å². The number of hydrogen-bond acceptors (Lipinski definition) is 13. The third-order valence-electron chi connectivity index (χ3n) is 9.61. The first-order valence-corrected chi connectivity index (χ1v) is 14.3. The highest BCUT2D eigenvalue weighted by Crippen LogP contribution is 2.54. The number of nitrogens with one attached hydrogen (secondary N) is 1. The Morgan fingerprint density at radius 3 is 2.29 bits per heavy atom. The van der Waals surface area contributed by atoms with Crippen molar-refractivity contribution in [1.82, 2.24) is 4.90 Å². The average Bonchev–Trinajstić information content (AvgIpc) is 2.96. The van der Waals surface area contributed by atoms with Crippen LogP contribution < -0.4 is 26.4 Å². The number of methoxy groups -OCH3 is 1. The zero-order valence-corrected chi connectivity index (χ0v) is 25.6. The van der Waals surface area contributed by atoms with Gasteiger partial charge in [-0.25, -0.2) is 0 Å². The summed E-state index contributed by atoms with van der Waals surface area (Å²) in [5.41, 5.74) is 8.55. The molecule has 0 aliphatic heterocycles. The van der Waals surface area contributed by atoms with Crippen molar-refractivity contribution >= 4 is 40.4 Å². The first-order chi connectivity index (χ1) is 21.0. The summed E-state index contributed by atoms with van der Waals surface area (Å²) in [7, 11) is 7.77. The van der Waals surface area contributed by atoms with E-state index in [1.54, 1.807) is 37.2 Å². The van der Waals surface area contributed by atoms with E-state index in [4.69, 9.17) is 16.2 Å². The van der Waals surface area contributed by atoms with Crippen LogP contribution >= 0.6 is 0 Å². The lowest BCUT2D eigenvalue weighted by Gasteiger charge is -2.56. The molecule has 2 aromatic rings. The van der Waals surface area contributed by atoms with Crippen molar-refractivity contribution in [2.75, 3.05) is 45.5 Å². The number of amides is 1. The molecule has 0 aromatic heterocycles. The number of ether oxygens (including phenoxy) is 1. The van der Waals surface area contributed by atoms with Crippen LogP contribution in [0.4, 0.5) is 11.4 Å². The molecule has 14 nitrogen and oxygen atoms in total. The van der Waals surface area contributed by atoms with Crippen molar-refractivity contribution in [1.29, 1.82) is 0 Å². The van der Waals surface area contributed by atoms with E-state index in [9.17, 15) is 39.3 Å². The highest BCUT2D eigenvalue weighted by molar-refractivity contribution is 6.33. The fraction of sp³-hybridized carbons (Fsp3) is 0.452. The number of fused-ring (bicyclic) bond motifs is 3. The zero-order valence-electron chi connectivity index (χ0n) is 25.6. The van der Waals surface area contributed by atoms with Crippen molar-refractivity contribution in [3.63, 3.8) is 0 Å². The molecule has 0 spiro atoms. The van der Waals surface area contributed by atoms with Crippen molar-refractivity contribution < 1.29 is 44.0 Å². The number of nitrogens with zero attached hydrogens (tertiary/aromatic N) is 2.